The summed E-state index contributed by atoms with van der Waals surface area (Å²) in [4.78, 5) is 12.2. The fraction of sp³-hybridized carbons (Fsp3) is 0.200. The average molecular weight is 337 g/mol. The van der Waals surface area contributed by atoms with Gasteiger partial charge in [0.05, 0.1) is 13.3 Å². The lowest BCUT2D eigenvalue weighted by Crippen LogP contribution is -3.00. The lowest BCUT2D eigenvalue weighted by molar-refractivity contribution is -0.669. The minimum atomic E-state index is 0. The van der Waals surface area contributed by atoms with E-state index in [9.17, 15) is 4.79 Å². The molecule has 0 atom stereocenters. The molecule has 106 valence electrons. The Kier molecular flexibility index (Phi) is 5.70. The summed E-state index contributed by atoms with van der Waals surface area (Å²) in [7, 11) is 1.60. The van der Waals surface area contributed by atoms with Gasteiger partial charge in [0.1, 0.15) is 5.75 Å². The standard InChI is InChI=1S/C15H16N2O2.BrH/c1-11-4-3-9-17(15(11)16)10-14(18)12-5-7-13(19-2)8-6-12;/h3-9,16H,10H2,1-2H3;1H. The molecule has 2 rings (SSSR count). The number of methoxy groups -OCH3 is 1. The molecule has 0 fully saturated rings. The molecule has 1 heterocycles. The van der Waals surface area contributed by atoms with Crippen molar-refractivity contribution in [3.8, 4) is 5.75 Å². The first-order chi connectivity index (χ1) is 9.11. The van der Waals surface area contributed by atoms with Crippen molar-refractivity contribution >= 4 is 11.6 Å². The molecule has 0 bridgehead atoms. The highest BCUT2D eigenvalue weighted by molar-refractivity contribution is 5.95. The van der Waals surface area contributed by atoms with Crippen molar-refractivity contribution in [3.63, 3.8) is 0 Å². The SMILES string of the molecule is COc1ccc(C(=O)C[n+]2cccc(C)c2N)cc1.[Br-]. The van der Waals surface area contributed by atoms with Gasteiger partial charge in [-0.25, -0.2) is 4.57 Å². The van der Waals surface area contributed by atoms with Crippen LogP contribution in [0.4, 0.5) is 5.82 Å². The molecule has 0 radical (unpaired) electrons. The second kappa shape index (κ2) is 7.05. The zero-order valence-electron chi connectivity index (χ0n) is 11.5. The number of aromatic nitrogens is 1. The number of aryl methyl sites for hydroxylation is 1. The van der Waals surface area contributed by atoms with E-state index in [1.54, 1.807) is 35.9 Å². The maximum atomic E-state index is 12.2. The Balaban J connectivity index is 0.00000200. The van der Waals surface area contributed by atoms with Crippen LogP contribution in [0.15, 0.2) is 42.6 Å². The summed E-state index contributed by atoms with van der Waals surface area (Å²) in [5.74, 6) is 1.37. The Bertz CT molecular complexity index is 597. The van der Waals surface area contributed by atoms with Crippen LogP contribution >= 0.6 is 0 Å². The maximum absolute atomic E-state index is 12.2. The summed E-state index contributed by atoms with van der Waals surface area (Å²) >= 11 is 0. The van der Waals surface area contributed by atoms with Crippen LogP contribution in [0.3, 0.4) is 0 Å². The molecule has 1 aromatic heterocycles. The van der Waals surface area contributed by atoms with E-state index < -0.39 is 0 Å². The predicted octanol–water partition coefficient (Wildman–Crippen LogP) is -1.24. The van der Waals surface area contributed by atoms with Crippen LogP contribution in [0.1, 0.15) is 15.9 Å². The molecule has 2 N–H and O–H groups in total. The van der Waals surface area contributed by atoms with Gasteiger partial charge in [-0.15, -0.1) is 0 Å². The number of ether oxygens (including phenoxy) is 1. The molecule has 4 nitrogen and oxygen atoms in total. The van der Waals surface area contributed by atoms with Crippen LogP contribution in [0.5, 0.6) is 5.75 Å². The third kappa shape index (κ3) is 3.57. The molecule has 0 aliphatic rings. The van der Waals surface area contributed by atoms with E-state index in [0.29, 0.717) is 11.4 Å². The lowest BCUT2D eigenvalue weighted by Gasteiger charge is -2.05. The molecule has 0 spiro atoms. The van der Waals surface area contributed by atoms with Crippen molar-refractivity contribution in [2.75, 3.05) is 12.8 Å². The highest BCUT2D eigenvalue weighted by Gasteiger charge is 2.13. The molecule has 0 aliphatic carbocycles. The van der Waals surface area contributed by atoms with Gasteiger partial charge in [0, 0.05) is 11.1 Å². The molecule has 0 aliphatic heterocycles. The van der Waals surface area contributed by atoms with Crippen LogP contribution in [0.25, 0.3) is 0 Å². The quantitative estimate of drug-likeness (QED) is 0.561. The number of anilines is 1. The van der Waals surface area contributed by atoms with Gasteiger partial charge >= 0.3 is 0 Å². The van der Waals surface area contributed by atoms with Crippen LogP contribution in [-0.2, 0) is 6.54 Å². The molecule has 1 aromatic carbocycles. The van der Waals surface area contributed by atoms with E-state index in [1.165, 1.54) is 0 Å². The number of pyridine rings is 1. The topological polar surface area (TPSA) is 56.2 Å². The smallest absolute Gasteiger partial charge is 0.275 e. The van der Waals surface area contributed by atoms with Gasteiger partial charge in [-0.05, 0) is 43.3 Å². The van der Waals surface area contributed by atoms with E-state index in [2.05, 4.69) is 0 Å². The van der Waals surface area contributed by atoms with Crippen molar-refractivity contribution in [2.45, 2.75) is 13.5 Å². The van der Waals surface area contributed by atoms with Crippen molar-refractivity contribution < 1.29 is 31.1 Å². The number of nitrogens with two attached hydrogens (primary N) is 1. The average Bonchev–Trinajstić information content (AvgIpc) is 2.44. The number of carbonyl (C=O) groups excluding carboxylic acids is 1. The summed E-state index contributed by atoms with van der Waals surface area (Å²) in [5, 5.41) is 0. The predicted molar refractivity (Wildman–Crippen MR) is 73.1 cm³/mol. The maximum Gasteiger partial charge on any atom is 0.275 e. The molecular weight excluding hydrogens is 320 g/mol. The third-order valence-corrected chi connectivity index (χ3v) is 3.05. The van der Waals surface area contributed by atoms with Gasteiger partial charge in [0.2, 0.25) is 5.78 Å². The normalized spacial score (nSPS) is 9.70. The highest BCUT2D eigenvalue weighted by Crippen LogP contribution is 2.12. The minimum Gasteiger partial charge on any atom is -1.00 e. The van der Waals surface area contributed by atoms with E-state index >= 15 is 0 Å². The molecule has 0 amide bonds. The first-order valence-corrected chi connectivity index (χ1v) is 6.03. The summed E-state index contributed by atoms with van der Waals surface area (Å²) in [6.07, 6.45) is 1.81. The number of ketones is 1. The van der Waals surface area contributed by atoms with Gasteiger partial charge in [-0.2, -0.15) is 0 Å². The van der Waals surface area contributed by atoms with Crippen molar-refractivity contribution in [3.05, 3.63) is 53.7 Å². The Morgan fingerprint density at radius 3 is 2.50 bits per heavy atom. The highest BCUT2D eigenvalue weighted by atomic mass is 79.9. The molecule has 0 saturated carbocycles. The zero-order chi connectivity index (χ0) is 13.8. The first-order valence-electron chi connectivity index (χ1n) is 6.03. The van der Waals surface area contributed by atoms with Crippen LogP contribution in [0, 0.1) is 6.92 Å². The van der Waals surface area contributed by atoms with Crippen molar-refractivity contribution in [1.29, 1.82) is 0 Å². The van der Waals surface area contributed by atoms with E-state index in [4.69, 9.17) is 10.5 Å². The minimum absolute atomic E-state index is 0. The summed E-state index contributed by atoms with van der Waals surface area (Å²) < 4.78 is 6.82. The van der Waals surface area contributed by atoms with Gasteiger partial charge in [-0.3, -0.25) is 10.5 Å². The third-order valence-electron chi connectivity index (χ3n) is 3.05. The summed E-state index contributed by atoms with van der Waals surface area (Å²) in [5.41, 5.74) is 7.56. The number of hydrogen-bond acceptors (Lipinski definition) is 3. The number of Topliss-reactive ketones (excluding diaryl/α,β-unsaturated/α-hetero) is 1. The number of benzene rings is 1. The Morgan fingerprint density at radius 1 is 1.25 bits per heavy atom. The fourth-order valence-electron chi connectivity index (χ4n) is 1.84. The number of rotatable bonds is 4. The number of hydrogen-bond donors (Lipinski definition) is 1. The monoisotopic (exact) mass is 336 g/mol. The molecule has 20 heavy (non-hydrogen) atoms. The molecule has 2 aromatic rings. The number of halogens is 1. The van der Waals surface area contributed by atoms with Crippen LogP contribution < -0.4 is 32.0 Å². The van der Waals surface area contributed by atoms with E-state index in [1.807, 2.05) is 25.3 Å². The molecule has 0 unspecified atom stereocenters. The van der Waals surface area contributed by atoms with Gasteiger partial charge in [-0.1, -0.05) is 0 Å². The second-order valence-corrected chi connectivity index (χ2v) is 4.36. The lowest BCUT2D eigenvalue weighted by atomic mass is 10.1. The van der Waals surface area contributed by atoms with Gasteiger partial charge in [0.25, 0.3) is 5.82 Å². The molecule has 5 heteroatoms. The Hall–Kier alpha value is -1.88. The zero-order valence-corrected chi connectivity index (χ0v) is 13.1. The second-order valence-electron chi connectivity index (χ2n) is 4.36. The number of carbonyl (C=O) groups is 1. The summed E-state index contributed by atoms with van der Waals surface area (Å²) in [6.45, 7) is 2.16. The van der Waals surface area contributed by atoms with Gasteiger partial charge < -0.3 is 21.7 Å². The fourth-order valence-corrected chi connectivity index (χ4v) is 1.84. The van der Waals surface area contributed by atoms with E-state index in [-0.39, 0.29) is 29.3 Å². The molecule has 0 saturated heterocycles. The first kappa shape index (κ1) is 16.2. The van der Waals surface area contributed by atoms with Crippen LogP contribution in [-0.4, -0.2) is 12.9 Å². The number of nitrogens with zero attached hydrogens (tertiary/aromatic N) is 1. The van der Waals surface area contributed by atoms with Gasteiger partial charge in [0.15, 0.2) is 6.54 Å². The van der Waals surface area contributed by atoms with E-state index in [0.717, 1.165) is 11.3 Å². The Morgan fingerprint density at radius 2 is 1.90 bits per heavy atom. The summed E-state index contributed by atoms with van der Waals surface area (Å²) in [6, 6.07) is 10.9. The Labute approximate surface area is 129 Å². The van der Waals surface area contributed by atoms with Crippen LogP contribution in [0.2, 0.25) is 0 Å². The number of nitrogen functional groups attached to an aromatic ring is 1. The largest absolute Gasteiger partial charge is 1.00 e. The molecular formula is C15H17BrN2O2. The van der Waals surface area contributed by atoms with Crippen molar-refractivity contribution in [1.82, 2.24) is 0 Å². The van der Waals surface area contributed by atoms with Crippen molar-refractivity contribution in [2.24, 2.45) is 0 Å².